The van der Waals surface area contributed by atoms with Gasteiger partial charge < -0.3 is 4.18 Å². The molecule has 0 amide bonds. The van der Waals surface area contributed by atoms with E-state index in [1.54, 1.807) is 0 Å². The van der Waals surface area contributed by atoms with E-state index in [1.165, 1.54) is 0 Å². The van der Waals surface area contributed by atoms with Crippen LogP contribution >= 0.6 is 12.9 Å². The molecule has 4 heteroatoms. The minimum absolute atomic E-state index is 0.586. The van der Waals surface area contributed by atoms with E-state index in [1.807, 2.05) is 0 Å². The van der Waals surface area contributed by atoms with Crippen molar-refractivity contribution in [3.8, 4) is 0 Å². The lowest BCUT2D eigenvalue weighted by Gasteiger charge is -2.33. The second-order valence-corrected chi connectivity index (χ2v) is 2.80. The van der Waals surface area contributed by atoms with Crippen molar-refractivity contribution in [1.29, 1.82) is 0 Å². The normalized spacial score (nSPS) is 21.0. The number of hydrogen-bond donors (Lipinski definition) is 1. The fourth-order valence-corrected chi connectivity index (χ4v) is 1.17. The highest BCUT2D eigenvalue weighted by Gasteiger charge is 2.24. The van der Waals surface area contributed by atoms with Gasteiger partial charge in [0.1, 0.15) is 6.17 Å². The van der Waals surface area contributed by atoms with Crippen molar-refractivity contribution in [2.75, 3.05) is 26.2 Å². The molecule has 1 saturated heterocycles. The van der Waals surface area contributed by atoms with Gasteiger partial charge in [0.25, 0.3) is 0 Å². The lowest BCUT2D eigenvalue weighted by molar-refractivity contribution is 0.0620. The Bertz CT molecular complexity index is 97.7. The van der Waals surface area contributed by atoms with Crippen LogP contribution in [0, 0.1) is 0 Å². The van der Waals surface area contributed by atoms with Gasteiger partial charge >= 0.3 is 0 Å². The molecule has 0 radical (unpaired) electrons. The van der Waals surface area contributed by atoms with Gasteiger partial charge in [-0.1, -0.05) is 0 Å². The van der Waals surface area contributed by atoms with Crippen LogP contribution < -0.4 is 0 Å². The van der Waals surface area contributed by atoms with E-state index in [4.69, 9.17) is 0 Å². The van der Waals surface area contributed by atoms with Gasteiger partial charge in [0, 0.05) is 19.6 Å². The van der Waals surface area contributed by atoms with Crippen molar-refractivity contribution in [3.63, 3.8) is 0 Å². The Morgan fingerprint density at radius 3 is 2.80 bits per heavy atom. The number of halogens is 1. The first-order valence-electron chi connectivity index (χ1n) is 3.45. The van der Waals surface area contributed by atoms with E-state index in [2.05, 4.69) is 22.0 Å². The molecule has 10 heavy (non-hydrogen) atoms. The topological polar surface area (TPSA) is 12.5 Å². The monoisotopic (exact) mass is 165 g/mol. The first-order chi connectivity index (χ1) is 4.83. The average molecular weight is 165 g/mol. The average Bonchev–Trinajstić information content (AvgIpc) is 1.85. The molecule has 0 spiro atoms. The molecule has 2 nitrogen and oxygen atoms in total. The molecular weight excluding hydrogens is 153 g/mol. The Balaban J connectivity index is 1.86. The van der Waals surface area contributed by atoms with Crippen LogP contribution in [-0.4, -0.2) is 37.3 Å². The number of nitrogens with zero attached hydrogens (tertiary/aromatic N) is 1. The zero-order valence-corrected chi connectivity index (χ0v) is 6.69. The Morgan fingerprint density at radius 2 is 2.30 bits per heavy atom. The third kappa shape index (κ3) is 2.44. The molecule has 0 atom stereocenters. The molecule has 1 fully saturated rings. The summed E-state index contributed by atoms with van der Waals surface area (Å²) in [4.78, 5) is 2.07. The predicted molar refractivity (Wildman–Crippen MR) is 40.9 cm³/mol. The van der Waals surface area contributed by atoms with Crippen molar-refractivity contribution in [1.82, 2.24) is 4.90 Å². The number of likely N-dealkylation sites (tertiary alicyclic amines) is 1. The van der Waals surface area contributed by atoms with E-state index in [0.29, 0.717) is 19.7 Å². The van der Waals surface area contributed by atoms with Crippen LogP contribution in [0.3, 0.4) is 0 Å². The molecule has 0 aromatic heterocycles. The molecule has 0 bridgehead atoms. The van der Waals surface area contributed by atoms with Gasteiger partial charge in [0.15, 0.2) is 0 Å². The van der Waals surface area contributed by atoms with Gasteiger partial charge in [-0.05, 0) is 19.3 Å². The quantitative estimate of drug-likeness (QED) is 0.377. The molecular formula is C6H12FNOS. The Morgan fingerprint density at radius 1 is 1.60 bits per heavy atom. The van der Waals surface area contributed by atoms with E-state index >= 15 is 0 Å². The summed E-state index contributed by atoms with van der Waals surface area (Å²) in [5.74, 6) is 0. The molecule has 1 aliphatic heterocycles. The number of rotatable bonds is 4. The fraction of sp³-hybridized carbons (Fsp3) is 1.00. The van der Waals surface area contributed by atoms with E-state index in [0.717, 1.165) is 13.0 Å². The summed E-state index contributed by atoms with van der Waals surface area (Å²) in [5, 5.41) is 0. The number of alkyl halides is 1. The summed E-state index contributed by atoms with van der Waals surface area (Å²) in [6, 6.07) is 0. The summed E-state index contributed by atoms with van der Waals surface area (Å²) < 4.78 is 16.8. The molecule has 1 aliphatic rings. The smallest absolute Gasteiger partial charge is 0.125 e. The standard InChI is InChI=1S/C6H12FNOS/c7-6-4-8(5-6)2-1-3-9-10/h6,10H,1-5H2. The highest BCUT2D eigenvalue weighted by molar-refractivity contribution is 7.75. The fourth-order valence-electron chi connectivity index (χ4n) is 1.04. The number of thiol groups is 1. The van der Waals surface area contributed by atoms with E-state index in [-0.39, 0.29) is 0 Å². The molecule has 0 aromatic rings. The van der Waals surface area contributed by atoms with Gasteiger partial charge in [-0.25, -0.2) is 4.39 Å². The zero-order valence-electron chi connectivity index (χ0n) is 5.79. The summed E-state index contributed by atoms with van der Waals surface area (Å²) in [6.07, 6.45) is 0.355. The highest BCUT2D eigenvalue weighted by Crippen LogP contribution is 2.10. The largest absolute Gasteiger partial charge is 0.318 e. The summed E-state index contributed by atoms with van der Waals surface area (Å²) in [5.41, 5.74) is 0. The maximum Gasteiger partial charge on any atom is 0.125 e. The maximum atomic E-state index is 12.2. The van der Waals surface area contributed by atoms with E-state index < -0.39 is 6.17 Å². The molecule has 60 valence electrons. The lowest BCUT2D eigenvalue weighted by Crippen LogP contribution is -2.48. The van der Waals surface area contributed by atoms with Crippen LogP contribution in [0.1, 0.15) is 6.42 Å². The van der Waals surface area contributed by atoms with Crippen LogP contribution in [-0.2, 0) is 4.18 Å². The summed E-state index contributed by atoms with van der Waals surface area (Å²) in [7, 11) is 0. The minimum Gasteiger partial charge on any atom is -0.318 e. The van der Waals surface area contributed by atoms with Crippen LogP contribution in [0.15, 0.2) is 0 Å². The van der Waals surface area contributed by atoms with Gasteiger partial charge in [-0.15, -0.1) is 0 Å². The molecule has 1 heterocycles. The maximum absolute atomic E-state index is 12.2. The van der Waals surface area contributed by atoms with Crippen molar-refractivity contribution in [3.05, 3.63) is 0 Å². The van der Waals surface area contributed by atoms with Crippen molar-refractivity contribution < 1.29 is 8.57 Å². The predicted octanol–water partition coefficient (Wildman–Crippen LogP) is 0.892. The molecule has 0 aliphatic carbocycles. The Labute approximate surface area is 66.0 Å². The zero-order chi connectivity index (χ0) is 7.40. The number of hydrogen-bond acceptors (Lipinski definition) is 3. The summed E-state index contributed by atoms with van der Waals surface area (Å²) in [6.45, 7) is 2.79. The van der Waals surface area contributed by atoms with Gasteiger partial charge in [0.05, 0.1) is 6.61 Å². The third-order valence-electron chi connectivity index (χ3n) is 1.62. The van der Waals surface area contributed by atoms with Crippen LogP contribution in [0.2, 0.25) is 0 Å². The van der Waals surface area contributed by atoms with Crippen molar-refractivity contribution >= 4 is 12.9 Å². The lowest BCUT2D eigenvalue weighted by atomic mass is 10.2. The molecule has 0 aromatic carbocycles. The first-order valence-corrected chi connectivity index (χ1v) is 3.82. The second kappa shape index (κ2) is 4.16. The SMILES string of the molecule is FC1CN(CCCOS)C1. The van der Waals surface area contributed by atoms with E-state index in [9.17, 15) is 4.39 Å². The molecule has 0 saturated carbocycles. The first kappa shape index (κ1) is 8.30. The summed E-state index contributed by atoms with van der Waals surface area (Å²) >= 11 is 3.60. The highest BCUT2D eigenvalue weighted by atomic mass is 32.1. The molecule has 1 rings (SSSR count). The van der Waals surface area contributed by atoms with Crippen LogP contribution in [0.5, 0.6) is 0 Å². The van der Waals surface area contributed by atoms with Gasteiger partial charge in [-0.2, -0.15) is 0 Å². The molecule has 0 unspecified atom stereocenters. The Kier molecular flexibility index (Phi) is 3.45. The van der Waals surface area contributed by atoms with Crippen LogP contribution in [0.25, 0.3) is 0 Å². The van der Waals surface area contributed by atoms with Gasteiger partial charge in [0.2, 0.25) is 0 Å². The van der Waals surface area contributed by atoms with Crippen molar-refractivity contribution in [2.24, 2.45) is 0 Å². The minimum atomic E-state index is -0.586. The van der Waals surface area contributed by atoms with Gasteiger partial charge in [-0.3, -0.25) is 4.90 Å². The second-order valence-electron chi connectivity index (χ2n) is 2.54. The Hall–Kier alpha value is 0.200. The molecule has 0 N–H and O–H groups in total. The van der Waals surface area contributed by atoms with Crippen molar-refractivity contribution in [2.45, 2.75) is 12.6 Å². The van der Waals surface area contributed by atoms with Crippen LogP contribution in [0.4, 0.5) is 4.39 Å². The third-order valence-corrected chi connectivity index (χ3v) is 1.81.